The Hall–Kier alpha value is -2.82. The predicted molar refractivity (Wildman–Crippen MR) is 141 cm³/mol. The van der Waals surface area contributed by atoms with Gasteiger partial charge < -0.3 is 10.4 Å². The smallest absolute Gasteiger partial charge is 0.318 e. The Balaban J connectivity index is 1.82. The van der Waals surface area contributed by atoms with Crippen molar-refractivity contribution in [2.45, 2.75) is 36.7 Å². The molecule has 0 radical (unpaired) electrons. The maximum atomic E-state index is 13.6. The number of aromatic nitrogens is 1. The number of hydrogen-bond donors (Lipinski definition) is 3. The Morgan fingerprint density at radius 2 is 1.78 bits per heavy atom. The molecule has 11 heteroatoms. The Morgan fingerprint density at radius 1 is 1.11 bits per heavy atom. The van der Waals surface area contributed by atoms with Gasteiger partial charge in [-0.3, -0.25) is 14.6 Å². The van der Waals surface area contributed by atoms with Gasteiger partial charge in [0.25, 0.3) is 0 Å². The summed E-state index contributed by atoms with van der Waals surface area (Å²) in [6.45, 7) is 1.83. The van der Waals surface area contributed by atoms with Crippen LogP contribution in [0.25, 0.3) is 11.1 Å². The predicted octanol–water partition coefficient (Wildman–Crippen LogP) is 4.49. The lowest BCUT2D eigenvalue weighted by Crippen LogP contribution is -2.54. The van der Waals surface area contributed by atoms with Crippen molar-refractivity contribution in [3.8, 4) is 11.1 Å². The molecule has 2 aromatic carbocycles. The molecule has 37 heavy (non-hydrogen) atoms. The van der Waals surface area contributed by atoms with Crippen LogP contribution in [0.15, 0.2) is 71.9 Å². The molecule has 0 spiro atoms. The van der Waals surface area contributed by atoms with Gasteiger partial charge in [-0.05, 0) is 67.3 Å². The first-order chi connectivity index (χ1) is 17.5. The Bertz CT molecular complexity index is 1390. The number of carboxylic acids is 1. The van der Waals surface area contributed by atoms with Crippen molar-refractivity contribution < 1.29 is 23.1 Å². The number of carboxylic acid groups (broad SMARTS) is 1. The summed E-state index contributed by atoms with van der Waals surface area (Å²) in [5, 5.41) is 13.6. The SMILES string of the molecule is C[C@@](C(=O)O)(C(=O)C1CCCN1)[C@H](NS(=O)(=O)c1cc(Cl)cc(Cl)c1)c1ccc(-c2cccnc2)cc1. The van der Waals surface area contributed by atoms with E-state index < -0.39 is 39.3 Å². The number of carbonyl (C=O) groups excluding carboxylic acids is 1. The fourth-order valence-corrected chi connectivity index (χ4v) is 6.51. The number of pyridine rings is 1. The fraction of sp³-hybridized carbons (Fsp3) is 0.269. The van der Waals surface area contributed by atoms with Crippen LogP contribution in [-0.4, -0.2) is 42.8 Å². The average molecular weight is 562 g/mol. The maximum Gasteiger partial charge on any atom is 0.318 e. The molecular formula is C26H25Cl2N3O5S. The molecule has 0 bridgehead atoms. The van der Waals surface area contributed by atoms with Gasteiger partial charge in [0.15, 0.2) is 5.78 Å². The maximum absolute atomic E-state index is 13.6. The van der Waals surface area contributed by atoms with Crippen molar-refractivity contribution in [1.29, 1.82) is 0 Å². The second-order valence-electron chi connectivity index (χ2n) is 9.04. The van der Waals surface area contributed by atoms with Crippen molar-refractivity contribution in [1.82, 2.24) is 15.0 Å². The molecule has 194 valence electrons. The highest BCUT2D eigenvalue weighted by atomic mass is 35.5. The van der Waals surface area contributed by atoms with E-state index in [2.05, 4.69) is 15.0 Å². The van der Waals surface area contributed by atoms with Gasteiger partial charge in [0.05, 0.1) is 17.0 Å². The number of nitrogens with one attached hydrogen (secondary N) is 2. The highest BCUT2D eigenvalue weighted by Gasteiger charge is 2.52. The molecule has 0 saturated carbocycles. The van der Waals surface area contributed by atoms with Crippen molar-refractivity contribution in [3.05, 3.63) is 82.6 Å². The monoisotopic (exact) mass is 561 g/mol. The van der Waals surface area contributed by atoms with E-state index in [0.29, 0.717) is 24.9 Å². The molecule has 1 unspecified atom stereocenters. The van der Waals surface area contributed by atoms with Crippen LogP contribution in [0.1, 0.15) is 31.4 Å². The second kappa shape index (κ2) is 10.9. The van der Waals surface area contributed by atoms with Crippen molar-refractivity contribution >= 4 is 45.0 Å². The lowest BCUT2D eigenvalue weighted by atomic mass is 9.73. The molecule has 4 rings (SSSR count). The Morgan fingerprint density at radius 3 is 2.32 bits per heavy atom. The van der Waals surface area contributed by atoms with E-state index in [1.807, 2.05) is 6.07 Å². The van der Waals surface area contributed by atoms with E-state index in [9.17, 15) is 23.1 Å². The number of sulfonamides is 1. The van der Waals surface area contributed by atoms with E-state index in [0.717, 1.165) is 11.1 Å². The first-order valence-electron chi connectivity index (χ1n) is 11.5. The zero-order chi connectivity index (χ0) is 26.8. The van der Waals surface area contributed by atoms with Crippen LogP contribution >= 0.6 is 23.2 Å². The third kappa shape index (κ3) is 5.71. The molecule has 2 heterocycles. The summed E-state index contributed by atoms with van der Waals surface area (Å²) in [4.78, 5) is 30.2. The first kappa shape index (κ1) is 27.2. The van der Waals surface area contributed by atoms with Gasteiger partial charge in [0.1, 0.15) is 5.41 Å². The molecule has 3 N–H and O–H groups in total. The minimum Gasteiger partial charge on any atom is -0.480 e. The Labute approximate surface area is 225 Å². The van der Waals surface area contributed by atoms with Gasteiger partial charge in [0.2, 0.25) is 10.0 Å². The second-order valence-corrected chi connectivity index (χ2v) is 11.6. The number of halogens is 2. The number of nitrogens with zero attached hydrogens (tertiary/aromatic N) is 1. The summed E-state index contributed by atoms with van der Waals surface area (Å²) in [5.41, 5.74) is -0.207. The largest absolute Gasteiger partial charge is 0.480 e. The number of Topliss-reactive ketones (excluding diaryl/α,β-unsaturated/α-hetero) is 1. The molecule has 1 fully saturated rings. The summed E-state index contributed by atoms with van der Waals surface area (Å²) in [6.07, 6.45) is 4.49. The van der Waals surface area contributed by atoms with E-state index in [1.165, 1.54) is 25.1 Å². The topological polar surface area (TPSA) is 125 Å². The minimum absolute atomic E-state index is 0.0949. The standard InChI is InChI=1S/C26H25Cl2N3O5S/c1-26(25(33)34,24(32)22-5-3-11-30-22)23(31-37(35,36)21-13-19(27)12-20(28)14-21)17-8-6-16(7-9-17)18-4-2-10-29-15-18/h2,4,6-10,12-15,22-23,30-31H,3,5,11H2,1H3,(H,33,34)/t22?,23-,26+/m1/s1. The first-order valence-corrected chi connectivity index (χ1v) is 13.8. The molecule has 8 nitrogen and oxygen atoms in total. The minimum atomic E-state index is -4.35. The molecule has 3 aromatic rings. The van der Waals surface area contributed by atoms with Gasteiger partial charge in [0, 0.05) is 22.4 Å². The van der Waals surface area contributed by atoms with Crippen LogP contribution in [-0.2, 0) is 19.6 Å². The van der Waals surface area contributed by atoms with E-state index in [-0.39, 0.29) is 14.9 Å². The molecule has 3 atom stereocenters. The molecule has 1 aliphatic rings. The van der Waals surface area contributed by atoms with Crippen molar-refractivity contribution in [3.63, 3.8) is 0 Å². The van der Waals surface area contributed by atoms with E-state index in [1.54, 1.807) is 42.7 Å². The van der Waals surface area contributed by atoms with Crippen molar-refractivity contribution in [2.24, 2.45) is 5.41 Å². The zero-order valence-corrected chi connectivity index (χ0v) is 22.1. The molecular weight excluding hydrogens is 537 g/mol. The third-order valence-electron chi connectivity index (χ3n) is 6.57. The summed E-state index contributed by atoms with van der Waals surface area (Å²) >= 11 is 12.0. The van der Waals surface area contributed by atoms with Crippen LogP contribution in [0.4, 0.5) is 0 Å². The summed E-state index contributed by atoms with van der Waals surface area (Å²) < 4.78 is 29.4. The van der Waals surface area contributed by atoms with Crippen LogP contribution in [0.2, 0.25) is 10.0 Å². The van der Waals surface area contributed by atoms with Gasteiger partial charge in [-0.1, -0.05) is 53.5 Å². The van der Waals surface area contributed by atoms with Crippen LogP contribution < -0.4 is 10.0 Å². The quantitative estimate of drug-likeness (QED) is 0.328. The molecule has 0 amide bonds. The third-order valence-corrected chi connectivity index (χ3v) is 8.41. The zero-order valence-electron chi connectivity index (χ0n) is 19.8. The van der Waals surface area contributed by atoms with Gasteiger partial charge in [-0.2, -0.15) is 0 Å². The Kier molecular flexibility index (Phi) is 8.01. The molecule has 0 aliphatic carbocycles. The van der Waals surface area contributed by atoms with Crippen LogP contribution in [0, 0.1) is 5.41 Å². The number of carbonyl (C=O) groups is 2. The van der Waals surface area contributed by atoms with Crippen LogP contribution in [0.3, 0.4) is 0 Å². The van der Waals surface area contributed by atoms with Crippen molar-refractivity contribution in [2.75, 3.05) is 6.54 Å². The number of aliphatic carboxylic acids is 1. The summed E-state index contributed by atoms with van der Waals surface area (Å²) in [5.74, 6) is -2.05. The van der Waals surface area contributed by atoms with E-state index in [4.69, 9.17) is 23.2 Å². The summed E-state index contributed by atoms with van der Waals surface area (Å²) in [6, 6.07) is 12.0. The van der Waals surface area contributed by atoms with Gasteiger partial charge >= 0.3 is 5.97 Å². The molecule has 1 saturated heterocycles. The number of rotatable bonds is 9. The number of ketones is 1. The summed E-state index contributed by atoms with van der Waals surface area (Å²) in [7, 11) is -4.35. The average Bonchev–Trinajstić information content (AvgIpc) is 3.41. The van der Waals surface area contributed by atoms with Crippen LogP contribution in [0.5, 0.6) is 0 Å². The fourth-order valence-electron chi connectivity index (χ4n) is 4.47. The van der Waals surface area contributed by atoms with E-state index >= 15 is 0 Å². The highest BCUT2D eigenvalue weighted by molar-refractivity contribution is 7.89. The normalized spacial score (nSPS) is 18.2. The number of hydrogen-bond acceptors (Lipinski definition) is 6. The lowest BCUT2D eigenvalue weighted by molar-refractivity contribution is -0.156. The highest BCUT2D eigenvalue weighted by Crippen LogP contribution is 2.39. The lowest BCUT2D eigenvalue weighted by Gasteiger charge is -2.35. The van der Waals surface area contributed by atoms with Gasteiger partial charge in [-0.25, -0.2) is 13.1 Å². The molecule has 1 aliphatic heterocycles. The molecule has 1 aromatic heterocycles. The number of benzene rings is 2. The van der Waals surface area contributed by atoms with Gasteiger partial charge in [-0.15, -0.1) is 0 Å².